The second-order valence-corrected chi connectivity index (χ2v) is 6.08. The van der Waals surface area contributed by atoms with Crippen LogP contribution in [0.1, 0.15) is 11.1 Å². The molecular formula is C18H14FNO2S. The summed E-state index contributed by atoms with van der Waals surface area (Å²) in [6, 6.07) is 15.8. The summed E-state index contributed by atoms with van der Waals surface area (Å²) in [6.45, 7) is 0.323. The quantitative estimate of drug-likeness (QED) is 0.793. The Morgan fingerprint density at radius 1 is 1.00 bits per heavy atom. The summed E-state index contributed by atoms with van der Waals surface area (Å²) < 4.78 is 13.7. The van der Waals surface area contributed by atoms with Gasteiger partial charge in [0.25, 0.3) is 11.1 Å². The van der Waals surface area contributed by atoms with Crippen molar-refractivity contribution in [3.63, 3.8) is 0 Å². The highest BCUT2D eigenvalue weighted by molar-refractivity contribution is 8.18. The molecule has 0 bridgehead atoms. The minimum absolute atomic E-state index is 0.258. The van der Waals surface area contributed by atoms with Crippen LogP contribution in [0.2, 0.25) is 0 Å². The van der Waals surface area contributed by atoms with E-state index in [0.29, 0.717) is 18.5 Å². The van der Waals surface area contributed by atoms with E-state index in [0.717, 1.165) is 17.3 Å². The van der Waals surface area contributed by atoms with Crippen LogP contribution < -0.4 is 0 Å². The van der Waals surface area contributed by atoms with Crippen LogP contribution in [0.25, 0.3) is 6.08 Å². The minimum Gasteiger partial charge on any atom is -0.268 e. The third-order valence-corrected chi connectivity index (χ3v) is 4.44. The van der Waals surface area contributed by atoms with Crippen LogP contribution in [0.3, 0.4) is 0 Å². The van der Waals surface area contributed by atoms with Crippen molar-refractivity contribution in [2.24, 2.45) is 0 Å². The molecule has 2 amide bonds. The molecule has 0 spiro atoms. The topological polar surface area (TPSA) is 37.4 Å². The molecule has 0 unspecified atom stereocenters. The van der Waals surface area contributed by atoms with Crippen LogP contribution in [0, 0.1) is 5.82 Å². The standard InChI is InChI=1S/C18H14FNO2S/c19-15-9-5-4-8-14(15)12-16-17(21)20(18(22)23-16)11-10-13-6-2-1-3-7-13/h1-9,12H,10-11H2/b16-12+. The normalized spacial score (nSPS) is 16.4. The molecule has 0 radical (unpaired) electrons. The number of benzene rings is 2. The van der Waals surface area contributed by atoms with Crippen molar-refractivity contribution in [1.29, 1.82) is 0 Å². The maximum atomic E-state index is 13.7. The fraction of sp³-hybridized carbons (Fsp3) is 0.111. The van der Waals surface area contributed by atoms with Gasteiger partial charge in [0.2, 0.25) is 0 Å². The fourth-order valence-corrected chi connectivity index (χ4v) is 3.17. The average Bonchev–Trinajstić information content (AvgIpc) is 2.82. The molecule has 2 aromatic carbocycles. The number of thioether (sulfide) groups is 1. The predicted molar refractivity (Wildman–Crippen MR) is 89.2 cm³/mol. The Morgan fingerprint density at radius 3 is 2.43 bits per heavy atom. The Labute approximate surface area is 137 Å². The lowest BCUT2D eigenvalue weighted by Gasteiger charge is -2.12. The lowest BCUT2D eigenvalue weighted by molar-refractivity contribution is -0.122. The molecule has 1 heterocycles. The van der Waals surface area contributed by atoms with Crippen LogP contribution in [-0.2, 0) is 11.2 Å². The maximum absolute atomic E-state index is 13.7. The molecule has 0 aromatic heterocycles. The molecule has 0 N–H and O–H groups in total. The second kappa shape index (κ2) is 6.79. The summed E-state index contributed by atoms with van der Waals surface area (Å²) in [4.78, 5) is 25.8. The van der Waals surface area contributed by atoms with Gasteiger partial charge < -0.3 is 0 Å². The zero-order valence-electron chi connectivity index (χ0n) is 12.2. The first kappa shape index (κ1) is 15.5. The van der Waals surface area contributed by atoms with E-state index < -0.39 is 5.82 Å². The summed E-state index contributed by atoms with van der Waals surface area (Å²) in [6.07, 6.45) is 2.04. The fourth-order valence-electron chi connectivity index (χ4n) is 2.31. The summed E-state index contributed by atoms with van der Waals surface area (Å²) in [5.41, 5.74) is 1.37. The largest absolute Gasteiger partial charge is 0.293 e. The van der Waals surface area contributed by atoms with E-state index in [4.69, 9.17) is 0 Å². The predicted octanol–water partition coefficient (Wildman–Crippen LogP) is 4.10. The summed E-state index contributed by atoms with van der Waals surface area (Å²) in [5.74, 6) is -0.775. The molecule has 1 saturated heterocycles. The lowest BCUT2D eigenvalue weighted by Crippen LogP contribution is -2.30. The molecule has 1 fully saturated rings. The minimum atomic E-state index is -0.413. The smallest absolute Gasteiger partial charge is 0.268 e. The molecule has 3 nitrogen and oxygen atoms in total. The number of carbonyl (C=O) groups excluding carboxylic acids is 2. The first-order valence-electron chi connectivity index (χ1n) is 7.19. The Bertz CT molecular complexity index is 774. The number of nitrogens with zero attached hydrogens (tertiary/aromatic N) is 1. The van der Waals surface area contributed by atoms with Crippen molar-refractivity contribution in [1.82, 2.24) is 4.90 Å². The van der Waals surface area contributed by atoms with E-state index in [1.54, 1.807) is 18.2 Å². The summed E-state index contributed by atoms with van der Waals surface area (Å²) >= 11 is 0.852. The van der Waals surface area contributed by atoms with Gasteiger partial charge in [0, 0.05) is 12.1 Å². The van der Waals surface area contributed by atoms with Crippen LogP contribution in [-0.4, -0.2) is 22.6 Å². The van der Waals surface area contributed by atoms with Crippen molar-refractivity contribution >= 4 is 29.0 Å². The van der Waals surface area contributed by atoms with Crippen molar-refractivity contribution in [2.45, 2.75) is 6.42 Å². The van der Waals surface area contributed by atoms with Gasteiger partial charge in [-0.25, -0.2) is 4.39 Å². The average molecular weight is 327 g/mol. The van der Waals surface area contributed by atoms with Crippen LogP contribution in [0.4, 0.5) is 9.18 Å². The highest BCUT2D eigenvalue weighted by Gasteiger charge is 2.34. The van der Waals surface area contributed by atoms with Gasteiger partial charge in [0.1, 0.15) is 5.82 Å². The molecular weight excluding hydrogens is 313 g/mol. The van der Waals surface area contributed by atoms with Crippen molar-refractivity contribution in [2.75, 3.05) is 6.54 Å². The van der Waals surface area contributed by atoms with Gasteiger partial charge in [-0.15, -0.1) is 0 Å². The maximum Gasteiger partial charge on any atom is 0.293 e. The van der Waals surface area contributed by atoms with Crippen molar-refractivity contribution < 1.29 is 14.0 Å². The summed E-state index contributed by atoms with van der Waals surface area (Å²) in [7, 11) is 0. The monoisotopic (exact) mass is 327 g/mol. The molecule has 1 aliphatic heterocycles. The number of halogens is 1. The zero-order valence-corrected chi connectivity index (χ0v) is 13.1. The summed E-state index contributed by atoms with van der Waals surface area (Å²) in [5, 5.41) is -0.312. The molecule has 0 saturated carbocycles. The highest BCUT2D eigenvalue weighted by Crippen LogP contribution is 2.32. The molecule has 1 aliphatic rings. The second-order valence-electron chi connectivity index (χ2n) is 5.09. The van der Waals surface area contributed by atoms with E-state index in [-0.39, 0.29) is 16.1 Å². The van der Waals surface area contributed by atoms with Gasteiger partial charge in [-0.05, 0) is 35.9 Å². The van der Waals surface area contributed by atoms with Gasteiger partial charge in [-0.2, -0.15) is 0 Å². The third kappa shape index (κ3) is 3.51. The van der Waals surface area contributed by atoms with Gasteiger partial charge in [-0.3, -0.25) is 14.5 Å². The SMILES string of the molecule is O=C1S/C(=C/c2ccccc2F)C(=O)N1CCc1ccccc1. The van der Waals surface area contributed by atoms with Crippen molar-refractivity contribution in [3.05, 3.63) is 76.4 Å². The van der Waals surface area contributed by atoms with Gasteiger partial charge in [0.15, 0.2) is 0 Å². The van der Waals surface area contributed by atoms with Crippen LogP contribution in [0.15, 0.2) is 59.5 Å². The molecule has 5 heteroatoms. The first-order valence-corrected chi connectivity index (χ1v) is 8.00. The molecule has 0 atom stereocenters. The zero-order chi connectivity index (χ0) is 16.2. The first-order chi connectivity index (χ1) is 11.1. The lowest BCUT2D eigenvalue weighted by atomic mass is 10.1. The van der Waals surface area contributed by atoms with E-state index in [1.807, 2.05) is 30.3 Å². The van der Waals surface area contributed by atoms with Gasteiger partial charge in [-0.1, -0.05) is 48.5 Å². The van der Waals surface area contributed by atoms with E-state index in [1.165, 1.54) is 17.0 Å². The van der Waals surface area contributed by atoms with Crippen molar-refractivity contribution in [3.8, 4) is 0 Å². The number of rotatable bonds is 4. The van der Waals surface area contributed by atoms with E-state index in [9.17, 15) is 14.0 Å². The molecule has 3 rings (SSSR count). The van der Waals surface area contributed by atoms with Crippen LogP contribution >= 0.6 is 11.8 Å². The number of imide groups is 1. The van der Waals surface area contributed by atoms with Gasteiger partial charge >= 0.3 is 0 Å². The molecule has 0 aliphatic carbocycles. The van der Waals surface area contributed by atoms with E-state index >= 15 is 0 Å². The Kier molecular flexibility index (Phi) is 4.57. The van der Waals surface area contributed by atoms with E-state index in [2.05, 4.69) is 0 Å². The molecule has 2 aromatic rings. The number of hydrogen-bond donors (Lipinski definition) is 0. The molecule has 116 valence electrons. The van der Waals surface area contributed by atoms with Crippen LogP contribution in [0.5, 0.6) is 0 Å². The Balaban J connectivity index is 1.74. The number of amides is 2. The number of carbonyl (C=O) groups is 2. The molecule has 23 heavy (non-hydrogen) atoms. The Morgan fingerprint density at radius 2 is 1.70 bits per heavy atom. The highest BCUT2D eigenvalue weighted by atomic mass is 32.2. The number of hydrogen-bond acceptors (Lipinski definition) is 3. The third-order valence-electron chi connectivity index (χ3n) is 3.53. The Hall–Kier alpha value is -2.40. The van der Waals surface area contributed by atoms with Gasteiger partial charge in [0.05, 0.1) is 4.91 Å².